The lowest BCUT2D eigenvalue weighted by molar-refractivity contribution is -0.116. The summed E-state index contributed by atoms with van der Waals surface area (Å²) in [5.41, 5.74) is 1.44. The van der Waals surface area contributed by atoms with Crippen molar-refractivity contribution in [2.24, 2.45) is 0 Å². The minimum Gasteiger partial charge on any atom is -0.389 e. The van der Waals surface area contributed by atoms with Gasteiger partial charge >= 0.3 is 0 Å². The molecule has 1 atom stereocenters. The fourth-order valence-electron chi connectivity index (χ4n) is 1.61. The molecule has 0 bridgehead atoms. The molecule has 94 valence electrons. The monoisotopic (exact) mass is 236 g/mol. The van der Waals surface area contributed by atoms with Gasteiger partial charge < -0.3 is 15.7 Å². The van der Waals surface area contributed by atoms with Crippen molar-refractivity contribution in [2.45, 2.75) is 25.9 Å². The first-order chi connectivity index (χ1) is 8.15. The Morgan fingerprint density at radius 1 is 1.41 bits per heavy atom. The second kappa shape index (κ2) is 7.04. The molecular formula is C13H20N2O2. The third-order valence-corrected chi connectivity index (χ3v) is 2.52. The van der Waals surface area contributed by atoms with Crippen molar-refractivity contribution in [1.29, 1.82) is 0 Å². The topological polar surface area (TPSA) is 61.4 Å². The van der Waals surface area contributed by atoms with Gasteiger partial charge in [-0.15, -0.1) is 0 Å². The van der Waals surface area contributed by atoms with Crippen molar-refractivity contribution in [3.63, 3.8) is 0 Å². The van der Waals surface area contributed by atoms with Gasteiger partial charge in [0.25, 0.3) is 0 Å². The molecule has 1 rings (SSSR count). The summed E-state index contributed by atoms with van der Waals surface area (Å²) in [6.07, 6.45) is 0.706. The van der Waals surface area contributed by atoms with E-state index in [2.05, 4.69) is 10.6 Å². The van der Waals surface area contributed by atoms with E-state index in [4.69, 9.17) is 0 Å². The number of hydrogen-bond acceptors (Lipinski definition) is 3. The SMILES string of the molecule is CNCCCC(=O)Nc1ccccc1C(C)O. The van der Waals surface area contributed by atoms with Crippen molar-refractivity contribution in [1.82, 2.24) is 5.32 Å². The van der Waals surface area contributed by atoms with Gasteiger partial charge in [-0.2, -0.15) is 0 Å². The number of carbonyl (C=O) groups is 1. The van der Waals surface area contributed by atoms with Crippen LogP contribution in [0.25, 0.3) is 0 Å². The van der Waals surface area contributed by atoms with Crippen molar-refractivity contribution in [3.8, 4) is 0 Å². The van der Waals surface area contributed by atoms with E-state index in [1.54, 1.807) is 13.0 Å². The number of nitrogens with one attached hydrogen (secondary N) is 2. The number of para-hydroxylation sites is 1. The van der Waals surface area contributed by atoms with Gasteiger partial charge in [-0.25, -0.2) is 0 Å². The summed E-state index contributed by atoms with van der Waals surface area (Å²) < 4.78 is 0. The summed E-state index contributed by atoms with van der Waals surface area (Å²) in [4.78, 5) is 11.6. The summed E-state index contributed by atoms with van der Waals surface area (Å²) in [6, 6.07) is 7.31. The molecule has 4 nitrogen and oxygen atoms in total. The Bertz CT molecular complexity index is 364. The van der Waals surface area contributed by atoms with Crippen LogP contribution in [-0.4, -0.2) is 24.6 Å². The fraction of sp³-hybridized carbons (Fsp3) is 0.462. The lowest BCUT2D eigenvalue weighted by Crippen LogP contribution is -2.16. The van der Waals surface area contributed by atoms with Gasteiger partial charge in [0.2, 0.25) is 5.91 Å². The molecule has 0 radical (unpaired) electrons. The Balaban J connectivity index is 2.58. The Hall–Kier alpha value is -1.39. The molecule has 3 N–H and O–H groups in total. The van der Waals surface area contributed by atoms with Gasteiger partial charge in [-0.3, -0.25) is 4.79 Å². The normalized spacial score (nSPS) is 12.2. The molecule has 4 heteroatoms. The molecule has 0 saturated carbocycles. The first kappa shape index (κ1) is 13.7. The van der Waals surface area contributed by atoms with Crippen LogP contribution in [0.2, 0.25) is 0 Å². The highest BCUT2D eigenvalue weighted by Gasteiger charge is 2.09. The molecule has 1 amide bonds. The lowest BCUT2D eigenvalue weighted by Gasteiger charge is -2.12. The van der Waals surface area contributed by atoms with Crippen LogP contribution < -0.4 is 10.6 Å². The zero-order valence-electron chi connectivity index (χ0n) is 10.4. The van der Waals surface area contributed by atoms with Crippen LogP contribution in [0.3, 0.4) is 0 Å². The Labute approximate surface area is 102 Å². The highest BCUT2D eigenvalue weighted by Crippen LogP contribution is 2.22. The minimum atomic E-state index is -0.580. The van der Waals surface area contributed by atoms with E-state index >= 15 is 0 Å². The zero-order chi connectivity index (χ0) is 12.7. The van der Waals surface area contributed by atoms with Crippen LogP contribution >= 0.6 is 0 Å². The van der Waals surface area contributed by atoms with Crippen molar-refractivity contribution < 1.29 is 9.90 Å². The number of hydrogen-bond donors (Lipinski definition) is 3. The van der Waals surface area contributed by atoms with E-state index in [1.165, 1.54) is 0 Å². The maximum atomic E-state index is 11.6. The first-order valence-electron chi connectivity index (χ1n) is 5.86. The van der Waals surface area contributed by atoms with Gasteiger partial charge in [0, 0.05) is 17.7 Å². The number of anilines is 1. The summed E-state index contributed by atoms with van der Waals surface area (Å²) in [6.45, 7) is 2.51. The molecule has 0 heterocycles. The molecule has 1 unspecified atom stereocenters. The Kier molecular flexibility index (Phi) is 5.66. The smallest absolute Gasteiger partial charge is 0.224 e. The first-order valence-corrected chi connectivity index (χ1v) is 5.86. The maximum absolute atomic E-state index is 11.6. The molecule has 0 aromatic heterocycles. The van der Waals surface area contributed by atoms with Crippen molar-refractivity contribution in [3.05, 3.63) is 29.8 Å². The summed E-state index contributed by atoms with van der Waals surface area (Å²) in [7, 11) is 1.86. The predicted octanol–water partition coefficient (Wildman–Crippen LogP) is 1.68. The van der Waals surface area contributed by atoms with E-state index in [-0.39, 0.29) is 5.91 Å². The zero-order valence-corrected chi connectivity index (χ0v) is 10.4. The maximum Gasteiger partial charge on any atom is 0.224 e. The third-order valence-electron chi connectivity index (χ3n) is 2.52. The molecule has 0 aliphatic carbocycles. The number of aliphatic hydroxyl groups excluding tert-OH is 1. The van der Waals surface area contributed by atoms with Gasteiger partial charge in [0.05, 0.1) is 6.10 Å². The van der Waals surface area contributed by atoms with Crippen LogP contribution in [0.4, 0.5) is 5.69 Å². The van der Waals surface area contributed by atoms with E-state index < -0.39 is 6.10 Å². The molecule has 0 fully saturated rings. The third kappa shape index (κ3) is 4.54. The molecule has 0 saturated heterocycles. The van der Waals surface area contributed by atoms with Crippen LogP contribution in [0, 0.1) is 0 Å². The minimum absolute atomic E-state index is 0.0200. The largest absolute Gasteiger partial charge is 0.389 e. The fourth-order valence-corrected chi connectivity index (χ4v) is 1.61. The molecule has 1 aromatic rings. The quantitative estimate of drug-likeness (QED) is 0.658. The number of carbonyl (C=O) groups excluding carboxylic acids is 1. The van der Waals surface area contributed by atoms with E-state index in [9.17, 15) is 9.90 Å². The van der Waals surface area contributed by atoms with Crippen molar-refractivity contribution >= 4 is 11.6 Å². The Morgan fingerprint density at radius 3 is 2.76 bits per heavy atom. The molecule has 1 aromatic carbocycles. The van der Waals surface area contributed by atoms with Gasteiger partial charge in [0.15, 0.2) is 0 Å². The highest BCUT2D eigenvalue weighted by molar-refractivity contribution is 5.91. The molecule has 0 aliphatic heterocycles. The lowest BCUT2D eigenvalue weighted by atomic mass is 10.1. The standard InChI is InChI=1S/C13H20N2O2/c1-10(16)11-6-3-4-7-12(11)15-13(17)8-5-9-14-2/h3-4,6-7,10,14,16H,5,8-9H2,1-2H3,(H,15,17). The molecule has 17 heavy (non-hydrogen) atoms. The second-order valence-corrected chi connectivity index (χ2v) is 4.02. The average molecular weight is 236 g/mol. The van der Waals surface area contributed by atoms with Crippen LogP contribution in [0.5, 0.6) is 0 Å². The highest BCUT2D eigenvalue weighted by atomic mass is 16.3. The summed E-state index contributed by atoms with van der Waals surface area (Å²) in [5, 5.41) is 15.4. The van der Waals surface area contributed by atoms with Gasteiger partial charge in [-0.05, 0) is 33.0 Å². The van der Waals surface area contributed by atoms with Crippen LogP contribution in [-0.2, 0) is 4.79 Å². The van der Waals surface area contributed by atoms with E-state index in [0.717, 1.165) is 18.5 Å². The molecular weight excluding hydrogens is 216 g/mol. The van der Waals surface area contributed by atoms with Gasteiger partial charge in [0.1, 0.15) is 0 Å². The number of aliphatic hydroxyl groups is 1. The van der Waals surface area contributed by atoms with Gasteiger partial charge in [-0.1, -0.05) is 18.2 Å². The molecule has 0 spiro atoms. The average Bonchev–Trinajstić information content (AvgIpc) is 2.29. The number of amides is 1. The summed E-state index contributed by atoms with van der Waals surface area (Å²) >= 11 is 0. The van der Waals surface area contributed by atoms with Crippen LogP contribution in [0.1, 0.15) is 31.4 Å². The number of rotatable bonds is 6. The Morgan fingerprint density at radius 2 is 2.12 bits per heavy atom. The molecule has 0 aliphatic rings. The van der Waals surface area contributed by atoms with E-state index in [1.807, 2.05) is 25.2 Å². The van der Waals surface area contributed by atoms with E-state index in [0.29, 0.717) is 12.1 Å². The summed E-state index contributed by atoms with van der Waals surface area (Å²) in [5.74, 6) is -0.0200. The van der Waals surface area contributed by atoms with Crippen molar-refractivity contribution in [2.75, 3.05) is 18.9 Å². The predicted molar refractivity (Wildman–Crippen MR) is 68.9 cm³/mol. The van der Waals surface area contributed by atoms with Crippen LogP contribution in [0.15, 0.2) is 24.3 Å². The number of benzene rings is 1. The second-order valence-electron chi connectivity index (χ2n) is 4.02.